The largest absolute Gasteiger partial charge is 0.493 e. The first-order chi connectivity index (χ1) is 14.2. The van der Waals surface area contributed by atoms with Gasteiger partial charge in [-0.3, -0.25) is 4.90 Å². The Kier molecular flexibility index (Phi) is 7.96. The predicted molar refractivity (Wildman–Crippen MR) is 119 cm³/mol. The summed E-state index contributed by atoms with van der Waals surface area (Å²) in [4.78, 5) is 2.64. The first-order valence-electron chi connectivity index (χ1n) is 11.0. The van der Waals surface area contributed by atoms with Gasteiger partial charge < -0.3 is 15.2 Å². The lowest BCUT2D eigenvalue weighted by atomic mass is 9.88. The third-order valence-corrected chi connectivity index (χ3v) is 6.09. The quantitative estimate of drug-likeness (QED) is 0.559. The second kappa shape index (κ2) is 10.7. The summed E-state index contributed by atoms with van der Waals surface area (Å²) < 4.78 is 11.2. The minimum Gasteiger partial charge on any atom is -0.493 e. The summed E-state index contributed by atoms with van der Waals surface area (Å²) in [6.45, 7) is 4.90. The second-order valence-corrected chi connectivity index (χ2v) is 8.01. The molecule has 0 saturated carbocycles. The van der Waals surface area contributed by atoms with Crippen LogP contribution in [-0.4, -0.2) is 25.7 Å². The van der Waals surface area contributed by atoms with Crippen molar-refractivity contribution >= 4 is 0 Å². The van der Waals surface area contributed by atoms with Crippen molar-refractivity contribution in [3.63, 3.8) is 0 Å². The van der Waals surface area contributed by atoms with Crippen LogP contribution >= 0.6 is 0 Å². The molecule has 158 valence electrons. The number of methoxy groups -OCH3 is 2. The van der Waals surface area contributed by atoms with Gasteiger partial charge >= 0.3 is 0 Å². The summed E-state index contributed by atoms with van der Waals surface area (Å²) in [5.41, 5.74) is 11.1. The summed E-state index contributed by atoms with van der Waals surface area (Å²) in [5.74, 6) is 1.67. The zero-order valence-electron chi connectivity index (χ0n) is 18.2. The van der Waals surface area contributed by atoms with Crippen LogP contribution in [0.1, 0.15) is 67.3 Å². The van der Waals surface area contributed by atoms with Crippen LogP contribution in [0.15, 0.2) is 36.4 Å². The Hall–Kier alpha value is -2.04. The van der Waals surface area contributed by atoms with Crippen molar-refractivity contribution in [2.45, 2.75) is 64.6 Å². The van der Waals surface area contributed by atoms with E-state index >= 15 is 0 Å². The Bertz CT molecular complexity index is 773. The maximum absolute atomic E-state index is 5.76. The fraction of sp³-hybridized carbons (Fsp3) is 0.520. The van der Waals surface area contributed by atoms with Gasteiger partial charge in [-0.05, 0) is 47.2 Å². The standard InChI is InChI=1S/C25H36N2O2/c1-4-5-6-7-8-23-22-16-25(29-3)24(28-2)15-21(22)13-14-27(23)18-20-11-9-19(17-26)10-12-20/h9-12,15-16,23H,4-8,13-14,17-18,26H2,1-3H3. The van der Waals surface area contributed by atoms with E-state index in [0.717, 1.165) is 31.0 Å². The minimum atomic E-state index is 0.421. The van der Waals surface area contributed by atoms with Gasteiger partial charge in [0.05, 0.1) is 14.2 Å². The minimum absolute atomic E-state index is 0.421. The highest BCUT2D eigenvalue weighted by Crippen LogP contribution is 2.40. The number of benzene rings is 2. The molecule has 0 fully saturated rings. The molecule has 1 aliphatic heterocycles. The Labute approximate surface area is 176 Å². The average Bonchev–Trinajstić information content (AvgIpc) is 2.77. The van der Waals surface area contributed by atoms with E-state index < -0.39 is 0 Å². The highest BCUT2D eigenvalue weighted by Gasteiger charge is 2.28. The van der Waals surface area contributed by atoms with E-state index in [4.69, 9.17) is 15.2 Å². The van der Waals surface area contributed by atoms with Gasteiger partial charge in [0.2, 0.25) is 0 Å². The molecule has 29 heavy (non-hydrogen) atoms. The van der Waals surface area contributed by atoms with Crippen molar-refractivity contribution in [1.29, 1.82) is 0 Å². The van der Waals surface area contributed by atoms with E-state index in [0.29, 0.717) is 12.6 Å². The van der Waals surface area contributed by atoms with Gasteiger partial charge in [-0.2, -0.15) is 0 Å². The molecular formula is C25H36N2O2. The van der Waals surface area contributed by atoms with Crippen molar-refractivity contribution < 1.29 is 9.47 Å². The molecule has 0 radical (unpaired) electrons. The Morgan fingerprint density at radius 3 is 2.31 bits per heavy atom. The number of fused-ring (bicyclic) bond motifs is 1. The molecule has 0 aliphatic carbocycles. The van der Waals surface area contributed by atoms with Crippen LogP contribution in [0, 0.1) is 0 Å². The number of ether oxygens (including phenoxy) is 2. The van der Waals surface area contributed by atoms with Crippen molar-refractivity contribution in [3.8, 4) is 11.5 Å². The van der Waals surface area contributed by atoms with Gasteiger partial charge in [-0.1, -0.05) is 56.9 Å². The Morgan fingerprint density at radius 1 is 0.966 bits per heavy atom. The third kappa shape index (κ3) is 5.31. The van der Waals surface area contributed by atoms with E-state index in [1.165, 1.54) is 54.4 Å². The summed E-state index contributed by atoms with van der Waals surface area (Å²) >= 11 is 0. The summed E-state index contributed by atoms with van der Waals surface area (Å²) in [5, 5.41) is 0. The maximum Gasteiger partial charge on any atom is 0.161 e. The number of hydrogen-bond acceptors (Lipinski definition) is 4. The molecule has 2 aromatic carbocycles. The fourth-order valence-corrected chi connectivity index (χ4v) is 4.39. The number of nitrogens with zero attached hydrogens (tertiary/aromatic N) is 1. The third-order valence-electron chi connectivity index (χ3n) is 6.09. The monoisotopic (exact) mass is 396 g/mol. The molecule has 0 spiro atoms. The molecule has 1 aliphatic rings. The van der Waals surface area contributed by atoms with E-state index in [2.05, 4.69) is 48.2 Å². The molecule has 4 heteroatoms. The molecule has 0 amide bonds. The molecular weight excluding hydrogens is 360 g/mol. The first-order valence-corrected chi connectivity index (χ1v) is 11.0. The Balaban J connectivity index is 1.85. The highest BCUT2D eigenvalue weighted by molar-refractivity contribution is 5.49. The van der Waals surface area contributed by atoms with Crippen LogP contribution < -0.4 is 15.2 Å². The van der Waals surface area contributed by atoms with E-state index in [-0.39, 0.29) is 0 Å². The van der Waals surface area contributed by atoms with Crippen molar-refractivity contribution in [1.82, 2.24) is 4.90 Å². The number of rotatable bonds is 10. The normalized spacial score (nSPS) is 16.5. The van der Waals surface area contributed by atoms with Crippen molar-refractivity contribution in [3.05, 3.63) is 58.7 Å². The number of hydrogen-bond donors (Lipinski definition) is 1. The lowest BCUT2D eigenvalue weighted by Crippen LogP contribution is -2.35. The Morgan fingerprint density at radius 2 is 1.66 bits per heavy atom. The lowest BCUT2D eigenvalue weighted by molar-refractivity contribution is 0.163. The SMILES string of the molecule is CCCCCCC1c2cc(OC)c(OC)cc2CCN1Cc1ccc(CN)cc1. The van der Waals surface area contributed by atoms with Gasteiger partial charge in [-0.25, -0.2) is 0 Å². The average molecular weight is 397 g/mol. The fourth-order valence-electron chi connectivity index (χ4n) is 4.39. The topological polar surface area (TPSA) is 47.7 Å². The molecule has 2 aromatic rings. The van der Waals surface area contributed by atoms with E-state index in [1.807, 2.05) is 0 Å². The molecule has 1 heterocycles. The molecule has 2 N–H and O–H groups in total. The van der Waals surface area contributed by atoms with Crippen LogP contribution in [0.25, 0.3) is 0 Å². The molecule has 1 atom stereocenters. The smallest absolute Gasteiger partial charge is 0.161 e. The molecule has 4 nitrogen and oxygen atoms in total. The number of nitrogens with two attached hydrogens (primary N) is 1. The summed E-state index contributed by atoms with van der Waals surface area (Å²) in [6.07, 6.45) is 7.37. The van der Waals surface area contributed by atoms with Gasteiger partial charge in [0, 0.05) is 25.7 Å². The molecule has 0 bridgehead atoms. The van der Waals surface area contributed by atoms with Crippen molar-refractivity contribution in [2.24, 2.45) is 5.73 Å². The number of unbranched alkanes of at least 4 members (excludes halogenated alkanes) is 3. The van der Waals surface area contributed by atoms with Crippen LogP contribution in [0.4, 0.5) is 0 Å². The molecule has 0 saturated heterocycles. The van der Waals surface area contributed by atoms with E-state index in [9.17, 15) is 0 Å². The van der Waals surface area contributed by atoms with Gasteiger partial charge in [0.25, 0.3) is 0 Å². The van der Waals surface area contributed by atoms with Gasteiger partial charge in [-0.15, -0.1) is 0 Å². The van der Waals surface area contributed by atoms with Crippen LogP contribution in [-0.2, 0) is 19.5 Å². The molecule has 3 rings (SSSR count). The maximum atomic E-state index is 5.76. The second-order valence-electron chi connectivity index (χ2n) is 8.01. The zero-order valence-corrected chi connectivity index (χ0v) is 18.2. The van der Waals surface area contributed by atoms with Crippen LogP contribution in [0.3, 0.4) is 0 Å². The van der Waals surface area contributed by atoms with E-state index in [1.54, 1.807) is 14.2 Å². The highest BCUT2D eigenvalue weighted by atomic mass is 16.5. The predicted octanol–water partition coefficient (Wildman–Crippen LogP) is 5.23. The van der Waals surface area contributed by atoms with Crippen molar-refractivity contribution in [2.75, 3.05) is 20.8 Å². The lowest BCUT2D eigenvalue weighted by Gasteiger charge is -2.38. The summed E-state index contributed by atoms with van der Waals surface area (Å²) in [7, 11) is 3.44. The van der Waals surface area contributed by atoms with Crippen LogP contribution in [0.5, 0.6) is 11.5 Å². The van der Waals surface area contributed by atoms with Crippen LogP contribution in [0.2, 0.25) is 0 Å². The van der Waals surface area contributed by atoms with Gasteiger partial charge in [0.1, 0.15) is 0 Å². The zero-order chi connectivity index (χ0) is 20.6. The molecule has 0 aromatic heterocycles. The summed E-state index contributed by atoms with van der Waals surface area (Å²) in [6, 6.07) is 13.6. The molecule has 1 unspecified atom stereocenters. The van der Waals surface area contributed by atoms with Gasteiger partial charge in [0.15, 0.2) is 11.5 Å². The first kappa shape index (κ1) is 21.7.